The second kappa shape index (κ2) is 7.27. The third-order valence-corrected chi connectivity index (χ3v) is 2.45. The number of rotatable bonds is 6. The maximum absolute atomic E-state index is 5.83. The van der Waals surface area contributed by atoms with Crippen molar-refractivity contribution in [1.29, 1.82) is 0 Å². The summed E-state index contributed by atoms with van der Waals surface area (Å²) in [5.74, 6) is 0.723. The standard InChI is InChI=1S/C12H22N8/c1-3-5-17-9(13)7-11(15)20-8(12(16)19-7)10(14)18-6-4-2/h3-6H2,1-2H3,(H2,13,17)(H2,14,18)(H2,16,19)(H2,15,20). The Kier molecular flexibility index (Phi) is 5.70. The molecule has 1 aromatic heterocycles. The van der Waals surface area contributed by atoms with Crippen LogP contribution in [0, 0.1) is 0 Å². The van der Waals surface area contributed by atoms with Gasteiger partial charge in [-0.2, -0.15) is 0 Å². The molecule has 0 unspecified atom stereocenters. The van der Waals surface area contributed by atoms with Crippen LogP contribution in [0.5, 0.6) is 0 Å². The monoisotopic (exact) mass is 278 g/mol. The molecule has 0 saturated heterocycles. The van der Waals surface area contributed by atoms with Gasteiger partial charge in [0.2, 0.25) is 0 Å². The van der Waals surface area contributed by atoms with Crippen molar-refractivity contribution in [1.82, 2.24) is 9.97 Å². The van der Waals surface area contributed by atoms with E-state index < -0.39 is 0 Å². The highest BCUT2D eigenvalue weighted by molar-refractivity contribution is 6.03. The lowest BCUT2D eigenvalue weighted by Crippen LogP contribution is -2.24. The fourth-order valence-electron chi connectivity index (χ4n) is 1.45. The zero-order chi connectivity index (χ0) is 15.1. The van der Waals surface area contributed by atoms with Gasteiger partial charge in [-0.25, -0.2) is 9.97 Å². The van der Waals surface area contributed by atoms with Gasteiger partial charge in [-0.3, -0.25) is 9.98 Å². The van der Waals surface area contributed by atoms with Crippen LogP contribution in [0.25, 0.3) is 0 Å². The van der Waals surface area contributed by atoms with Crippen LogP contribution in [0.4, 0.5) is 11.6 Å². The molecule has 0 aliphatic heterocycles. The third-order valence-electron chi connectivity index (χ3n) is 2.45. The first-order chi connectivity index (χ1) is 9.51. The molecule has 0 aliphatic rings. The number of nitrogen functional groups attached to an aromatic ring is 2. The number of aromatic nitrogens is 2. The van der Waals surface area contributed by atoms with Crippen molar-refractivity contribution in [2.45, 2.75) is 26.7 Å². The Balaban J connectivity index is 3.15. The van der Waals surface area contributed by atoms with E-state index in [0.717, 1.165) is 12.8 Å². The molecular formula is C12H22N8. The van der Waals surface area contributed by atoms with Gasteiger partial charge in [-0.1, -0.05) is 13.8 Å². The van der Waals surface area contributed by atoms with Crippen molar-refractivity contribution in [3.8, 4) is 0 Å². The molecule has 0 atom stereocenters. The zero-order valence-electron chi connectivity index (χ0n) is 11.9. The van der Waals surface area contributed by atoms with Crippen molar-refractivity contribution in [2.75, 3.05) is 24.6 Å². The molecule has 8 N–H and O–H groups in total. The topological polar surface area (TPSA) is 155 Å². The van der Waals surface area contributed by atoms with Crippen molar-refractivity contribution in [3.63, 3.8) is 0 Å². The van der Waals surface area contributed by atoms with E-state index in [4.69, 9.17) is 22.9 Å². The molecule has 0 fully saturated rings. The van der Waals surface area contributed by atoms with Crippen molar-refractivity contribution >= 4 is 23.3 Å². The van der Waals surface area contributed by atoms with Crippen LogP contribution >= 0.6 is 0 Å². The van der Waals surface area contributed by atoms with Crippen LogP contribution in [0.15, 0.2) is 9.98 Å². The molecule has 0 radical (unpaired) electrons. The smallest absolute Gasteiger partial charge is 0.154 e. The zero-order valence-corrected chi connectivity index (χ0v) is 11.9. The van der Waals surface area contributed by atoms with Crippen LogP contribution in [0.1, 0.15) is 38.1 Å². The minimum absolute atomic E-state index is 0.140. The molecule has 0 spiro atoms. The van der Waals surface area contributed by atoms with Crippen LogP contribution in [-0.4, -0.2) is 34.7 Å². The summed E-state index contributed by atoms with van der Waals surface area (Å²) in [6.07, 6.45) is 1.75. The van der Waals surface area contributed by atoms with Crippen molar-refractivity contribution < 1.29 is 0 Å². The number of aliphatic imine (C=N–C) groups is 2. The number of anilines is 2. The normalized spacial score (nSPS) is 12.7. The highest BCUT2D eigenvalue weighted by atomic mass is 15.0. The van der Waals surface area contributed by atoms with E-state index in [1.54, 1.807) is 0 Å². The second-order valence-corrected chi connectivity index (χ2v) is 4.23. The van der Waals surface area contributed by atoms with Crippen LogP contribution in [-0.2, 0) is 0 Å². The van der Waals surface area contributed by atoms with Gasteiger partial charge in [-0.15, -0.1) is 0 Å². The molecule has 0 amide bonds. The van der Waals surface area contributed by atoms with E-state index in [1.807, 2.05) is 13.8 Å². The van der Waals surface area contributed by atoms with E-state index in [1.165, 1.54) is 0 Å². The molecule has 1 heterocycles. The largest absolute Gasteiger partial charge is 0.382 e. The number of amidine groups is 2. The van der Waals surface area contributed by atoms with Gasteiger partial charge in [0.15, 0.2) is 11.6 Å². The van der Waals surface area contributed by atoms with E-state index in [9.17, 15) is 0 Å². The Labute approximate surface area is 118 Å². The predicted molar refractivity (Wildman–Crippen MR) is 82.6 cm³/mol. The summed E-state index contributed by atoms with van der Waals surface area (Å²) in [5, 5.41) is 0. The van der Waals surface area contributed by atoms with Crippen LogP contribution in [0.3, 0.4) is 0 Å². The van der Waals surface area contributed by atoms with Gasteiger partial charge in [0.05, 0.1) is 0 Å². The van der Waals surface area contributed by atoms with Gasteiger partial charge >= 0.3 is 0 Å². The lowest BCUT2D eigenvalue weighted by atomic mass is 10.3. The highest BCUT2D eigenvalue weighted by Crippen LogP contribution is 2.13. The molecule has 0 aromatic carbocycles. The first-order valence-electron chi connectivity index (χ1n) is 6.54. The molecule has 20 heavy (non-hydrogen) atoms. The van der Waals surface area contributed by atoms with Crippen molar-refractivity contribution in [2.24, 2.45) is 21.5 Å². The lowest BCUT2D eigenvalue weighted by molar-refractivity contribution is 0.926. The Morgan fingerprint density at radius 3 is 1.50 bits per heavy atom. The Morgan fingerprint density at radius 1 is 0.850 bits per heavy atom. The number of hydrogen-bond donors (Lipinski definition) is 4. The predicted octanol–water partition coefficient (Wildman–Crippen LogP) is -0.128. The molecule has 110 valence electrons. The molecule has 1 rings (SSSR count). The van der Waals surface area contributed by atoms with Gasteiger partial charge in [-0.05, 0) is 12.8 Å². The molecule has 0 aliphatic carbocycles. The average Bonchev–Trinajstić information content (AvgIpc) is 2.44. The lowest BCUT2D eigenvalue weighted by Gasteiger charge is -2.09. The summed E-state index contributed by atoms with van der Waals surface area (Å²) in [4.78, 5) is 16.5. The first kappa shape index (κ1) is 15.7. The van der Waals surface area contributed by atoms with Crippen molar-refractivity contribution in [3.05, 3.63) is 11.4 Å². The maximum Gasteiger partial charge on any atom is 0.154 e. The second-order valence-electron chi connectivity index (χ2n) is 4.23. The number of hydrogen-bond acceptors (Lipinski definition) is 6. The molecule has 0 bridgehead atoms. The van der Waals surface area contributed by atoms with Gasteiger partial charge in [0.25, 0.3) is 0 Å². The average molecular weight is 278 g/mol. The summed E-state index contributed by atoms with van der Waals surface area (Å²) in [7, 11) is 0. The van der Waals surface area contributed by atoms with E-state index in [-0.39, 0.29) is 34.7 Å². The number of nitrogens with two attached hydrogens (primary N) is 4. The van der Waals surface area contributed by atoms with Gasteiger partial charge in [0, 0.05) is 13.1 Å². The minimum Gasteiger partial charge on any atom is -0.382 e. The SMILES string of the molecule is CCCN=C(N)c1nc(N)c(C(N)=NCCC)nc1N. The van der Waals surface area contributed by atoms with E-state index in [0.29, 0.717) is 13.1 Å². The van der Waals surface area contributed by atoms with Gasteiger partial charge in [0.1, 0.15) is 23.1 Å². The quantitative estimate of drug-likeness (QED) is 0.419. The van der Waals surface area contributed by atoms with Gasteiger partial charge < -0.3 is 22.9 Å². The number of nitrogens with zero attached hydrogens (tertiary/aromatic N) is 4. The summed E-state index contributed by atoms with van der Waals surface area (Å²) < 4.78 is 0. The molecule has 0 saturated carbocycles. The summed E-state index contributed by atoms with van der Waals surface area (Å²) in [5.41, 5.74) is 23.8. The molecular weight excluding hydrogens is 256 g/mol. The molecule has 8 heteroatoms. The summed E-state index contributed by atoms with van der Waals surface area (Å²) >= 11 is 0. The molecule has 1 aromatic rings. The summed E-state index contributed by atoms with van der Waals surface area (Å²) in [6, 6.07) is 0. The minimum atomic E-state index is 0.140. The Hall–Kier alpha value is -2.38. The van der Waals surface area contributed by atoms with Crippen LogP contribution in [0.2, 0.25) is 0 Å². The fourth-order valence-corrected chi connectivity index (χ4v) is 1.45. The van der Waals surface area contributed by atoms with E-state index in [2.05, 4.69) is 20.0 Å². The maximum atomic E-state index is 5.83. The first-order valence-corrected chi connectivity index (χ1v) is 6.54. The summed E-state index contributed by atoms with van der Waals surface area (Å²) in [6.45, 7) is 5.17. The third kappa shape index (κ3) is 3.81. The van der Waals surface area contributed by atoms with E-state index >= 15 is 0 Å². The Bertz CT molecular complexity index is 473. The fraction of sp³-hybridized carbons (Fsp3) is 0.500. The molecule has 8 nitrogen and oxygen atoms in total. The Morgan fingerprint density at radius 2 is 1.20 bits per heavy atom. The van der Waals surface area contributed by atoms with Crippen LogP contribution < -0.4 is 22.9 Å². The highest BCUT2D eigenvalue weighted by Gasteiger charge is 2.14.